The molecule has 0 spiro atoms. The standard InChI is InChI=1S/C17H21FN2O3S/c1-20(2)16-8-6-14(7-9-16)17(21)11-19-24(22,23)12-13-4-3-5-15(18)10-13/h3-10,17,19,21H,11-12H2,1-2H3. The molecule has 0 aliphatic carbocycles. The number of rotatable bonds is 7. The Bertz CT molecular complexity index is 777. The van der Waals surface area contributed by atoms with Gasteiger partial charge in [0.2, 0.25) is 10.0 Å². The number of halogens is 1. The molecule has 2 aromatic carbocycles. The molecule has 1 unspecified atom stereocenters. The van der Waals surface area contributed by atoms with E-state index < -0.39 is 21.9 Å². The van der Waals surface area contributed by atoms with Crippen molar-refractivity contribution in [1.82, 2.24) is 4.72 Å². The second kappa shape index (κ2) is 7.74. The van der Waals surface area contributed by atoms with E-state index in [2.05, 4.69) is 4.72 Å². The van der Waals surface area contributed by atoms with Gasteiger partial charge in [0, 0.05) is 26.3 Å². The van der Waals surface area contributed by atoms with Gasteiger partial charge in [-0.05, 0) is 35.4 Å². The molecule has 0 aromatic heterocycles. The van der Waals surface area contributed by atoms with Crippen molar-refractivity contribution in [3.8, 4) is 0 Å². The van der Waals surface area contributed by atoms with Crippen molar-refractivity contribution in [2.24, 2.45) is 0 Å². The zero-order valence-electron chi connectivity index (χ0n) is 13.6. The fourth-order valence-electron chi connectivity index (χ4n) is 2.22. The Labute approximate surface area is 141 Å². The largest absolute Gasteiger partial charge is 0.387 e. The molecule has 0 saturated heterocycles. The van der Waals surface area contributed by atoms with Crippen LogP contribution in [0, 0.1) is 5.82 Å². The van der Waals surface area contributed by atoms with Crippen molar-refractivity contribution in [3.63, 3.8) is 0 Å². The number of anilines is 1. The first-order chi connectivity index (χ1) is 11.3. The highest BCUT2D eigenvalue weighted by Gasteiger charge is 2.15. The smallest absolute Gasteiger partial charge is 0.215 e. The average molecular weight is 352 g/mol. The van der Waals surface area contributed by atoms with Gasteiger partial charge in [0.1, 0.15) is 5.82 Å². The maximum atomic E-state index is 13.1. The predicted octanol–water partition coefficient (Wildman–Crippen LogP) is 2.04. The van der Waals surface area contributed by atoms with Crippen LogP contribution < -0.4 is 9.62 Å². The minimum atomic E-state index is -3.66. The van der Waals surface area contributed by atoms with E-state index in [0.717, 1.165) is 5.69 Å². The van der Waals surface area contributed by atoms with Crippen molar-refractivity contribution in [3.05, 3.63) is 65.5 Å². The summed E-state index contributed by atoms with van der Waals surface area (Å²) in [5, 5.41) is 10.1. The van der Waals surface area contributed by atoms with E-state index in [1.165, 1.54) is 18.2 Å². The summed E-state index contributed by atoms with van der Waals surface area (Å²) in [5.41, 5.74) is 1.96. The van der Waals surface area contributed by atoms with E-state index in [-0.39, 0.29) is 12.3 Å². The van der Waals surface area contributed by atoms with Gasteiger partial charge < -0.3 is 10.0 Å². The summed E-state index contributed by atoms with van der Waals surface area (Å²) in [5.74, 6) is -0.819. The third kappa shape index (κ3) is 5.30. The molecule has 0 saturated carbocycles. The zero-order chi connectivity index (χ0) is 17.7. The van der Waals surface area contributed by atoms with Gasteiger partial charge in [-0.1, -0.05) is 24.3 Å². The van der Waals surface area contributed by atoms with Gasteiger partial charge in [-0.3, -0.25) is 0 Å². The molecule has 0 aliphatic heterocycles. The van der Waals surface area contributed by atoms with Crippen molar-refractivity contribution >= 4 is 15.7 Å². The van der Waals surface area contributed by atoms with E-state index in [9.17, 15) is 17.9 Å². The minimum absolute atomic E-state index is 0.140. The first-order valence-electron chi connectivity index (χ1n) is 7.44. The fraction of sp³-hybridized carbons (Fsp3) is 0.294. The van der Waals surface area contributed by atoms with Gasteiger partial charge in [0.15, 0.2) is 0 Å². The van der Waals surface area contributed by atoms with Crippen LogP contribution in [0.4, 0.5) is 10.1 Å². The number of nitrogens with zero attached hydrogens (tertiary/aromatic N) is 1. The van der Waals surface area contributed by atoms with Gasteiger partial charge in [0.05, 0.1) is 11.9 Å². The monoisotopic (exact) mass is 352 g/mol. The molecule has 0 aliphatic rings. The summed E-state index contributed by atoms with van der Waals surface area (Å²) in [6.07, 6.45) is -0.955. The second-order valence-corrected chi connectivity index (χ2v) is 7.55. The lowest BCUT2D eigenvalue weighted by Gasteiger charge is -2.16. The summed E-state index contributed by atoms with van der Waals surface area (Å²) in [4.78, 5) is 1.93. The summed E-state index contributed by atoms with van der Waals surface area (Å²) in [6.45, 7) is -0.140. The van der Waals surface area contributed by atoms with Gasteiger partial charge in [-0.25, -0.2) is 17.5 Å². The topological polar surface area (TPSA) is 69.6 Å². The quantitative estimate of drug-likeness (QED) is 0.800. The van der Waals surface area contributed by atoms with Crippen LogP contribution >= 0.6 is 0 Å². The normalized spacial score (nSPS) is 12.8. The van der Waals surface area contributed by atoms with Crippen molar-refractivity contribution < 1.29 is 17.9 Å². The van der Waals surface area contributed by atoms with E-state index >= 15 is 0 Å². The molecule has 0 radical (unpaired) electrons. The lowest BCUT2D eigenvalue weighted by Crippen LogP contribution is -2.29. The van der Waals surface area contributed by atoms with Crippen molar-refractivity contribution in [2.45, 2.75) is 11.9 Å². The molecule has 2 aromatic rings. The summed E-state index contributed by atoms with van der Waals surface area (Å²) < 4.78 is 39.5. The minimum Gasteiger partial charge on any atom is -0.387 e. The molecule has 0 amide bonds. The van der Waals surface area contributed by atoms with Crippen LogP contribution in [0.25, 0.3) is 0 Å². The number of sulfonamides is 1. The average Bonchev–Trinajstić information content (AvgIpc) is 2.52. The van der Waals surface area contributed by atoms with Crippen molar-refractivity contribution in [2.75, 3.05) is 25.5 Å². The molecule has 2 rings (SSSR count). The van der Waals surface area contributed by atoms with Crippen LogP contribution in [-0.4, -0.2) is 34.2 Å². The molecular formula is C17H21FN2O3S. The number of hydrogen-bond donors (Lipinski definition) is 2. The Kier molecular flexibility index (Phi) is 5.93. The maximum Gasteiger partial charge on any atom is 0.215 e. The molecule has 7 heteroatoms. The molecule has 0 fully saturated rings. The van der Waals surface area contributed by atoms with Crippen molar-refractivity contribution in [1.29, 1.82) is 0 Å². The highest BCUT2D eigenvalue weighted by molar-refractivity contribution is 7.88. The number of aliphatic hydroxyl groups is 1. The van der Waals surface area contributed by atoms with E-state index in [0.29, 0.717) is 11.1 Å². The predicted molar refractivity (Wildman–Crippen MR) is 92.8 cm³/mol. The van der Waals surface area contributed by atoms with Crippen LogP contribution in [-0.2, 0) is 15.8 Å². The molecule has 5 nitrogen and oxygen atoms in total. The summed E-state index contributed by atoms with van der Waals surface area (Å²) in [6, 6.07) is 12.6. The molecular weight excluding hydrogens is 331 g/mol. The van der Waals surface area contributed by atoms with Crippen LogP contribution in [0.3, 0.4) is 0 Å². The molecule has 0 bridgehead atoms. The van der Waals surface area contributed by atoms with Gasteiger partial charge in [0.25, 0.3) is 0 Å². The Balaban J connectivity index is 1.95. The van der Waals surface area contributed by atoms with Crippen LogP contribution in [0.2, 0.25) is 0 Å². The van der Waals surface area contributed by atoms with Crippen LogP contribution in [0.5, 0.6) is 0 Å². The SMILES string of the molecule is CN(C)c1ccc(C(O)CNS(=O)(=O)Cc2cccc(F)c2)cc1. The molecule has 1 atom stereocenters. The lowest BCUT2D eigenvalue weighted by molar-refractivity contribution is 0.182. The Morgan fingerprint density at radius 3 is 2.42 bits per heavy atom. The van der Waals surface area contributed by atoms with E-state index in [1.54, 1.807) is 18.2 Å². The molecule has 2 N–H and O–H groups in total. The number of nitrogens with one attached hydrogen (secondary N) is 1. The number of hydrogen-bond acceptors (Lipinski definition) is 4. The Morgan fingerprint density at radius 1 is 1.17 bits per heavy atom. The fourth-order valence-corrected chi connectivity index (χ4v) is 3.35. The Hall–Kier alpha value is -1.96. The molecule has 0 heterocycles. The first-order valence-corrected chi connectivity index (χ1v) is 9.09. The third-order valence-electron chi connectivity index (χ3n) is 3.54. The Morgan fingerprint density at radius 2 is 1.83 bits per heavy atom. The molecule has 130 valence electrons. The van der Waals surface area contributed by atoms with E-state index in [4.69, 9.17) is 0 Å². The zero-order valence-corrected chi connectivity index (χ0v) is 14.4. The highest BCUT2D eigenvalue weighted by atomic mass is 32.2. The highest BCUT2D eigenvalue weighted by Crippen LogP contribution is 2.18. The summed E-state index contributed by atoms with van der Waals surface area (Å²) in [7, 11) is 0.156. The second-order valence-electron chi connectivity index (χ2n) is 5.74. The van der Waals surface area contributed by atoms with Gasteiger partial charge >= 0.3 is 0 Å². The van der Waals surface area contributed by atoms with E-state index in [1.807, 2.05) is 31.1 Å². The number of aliphatic hydroxyl groups excluding tert-OH is 1. The van der Waals surface area contributed by atoms with Crippen LogP contribution in [0.1, 0.15) is 17.2 Å². The third-order valence-corrected chi connectivity index (χ3v) is 4.86. The molecule has 24 heavy (non-hydrogen) atoms. The first kappa shape index (κ1) is 18.4. The van der Waals surface area contributed by atoms with Gasteiger partial charge in [-0.2, -0.15) is 0 Å². The maximum absolute atomic E-state index is 13.1. The number of benzene rings is 2. The lowest BCUT2D eigenvalue weighted by atomic mass is 10.1. The van der Waals surface area contributed by atoms with Gasteiger partial charge in [-0.15, -0.1) is 0 Å². The summed E-state index contributed by atoms with van der Waals surface area (Å²) >= 11 is 0. The van der Waals surface area contributed by atoms with Crippen LogP contribution in [0.15, 0.2) is 48.5 Å².